The number of aromatic nitrogens is 3. The number of anilines is 1. The molecule has 0 amide bonds. The minimum atomic E-state index is 0.539. The lowest BCUT2D eigenvalue weighted by Gasteiger charge is -2.07. The lowest BCUT2D eigenvalue weighted by atomic mass is 10.2. The Hall–Kier alpha value is -1.43. The lowest BCUT2D eigenvalue weighted by molar-refractivity contribution is 0.392. The van der Waals surface area contributed by atoms with Crippen molar-refractivity contribution in [2.75, 3.05) is 5.32 Å². The van der Waals surface area contributed by atoms with Crippen molar-refractivity contribution in [2.45, 2.75) is 39.2 Å². The molecule has 0 unspecified atom stereocenters. The van der Waals surface area contributed by atoms with E-state index in [9.17, 15) is 0 Å². The molecule has 6 heteroatoms. The normalized spacial score (nSPS) is 14.7. The zero-order valence-corrected chi connectivity index (χ0v) is 12.5. The van der Waals surface area contributed by atoms with Gasteiger partial charge < -0.3 is 9.84 Å². The molecule has 1 fully saturated rings. The summed E-state index contributed by atoms with van der Waals surface area (Å²) in [6.07, 6.45) is 2.39. The molecule has 0 bridgehead atoms. The largest absolute Gasteiger partial charge is 0.366 e. The number of aryl methyl sites for hydroxylation is 2. The van der Waals surface area contributed by atoms with Gasteiger partial charge in [-0.1, -0.05) is 5.16 Å². The number of halogens is 1. The number of nitrogens with zero attached hydrogens (tertiary/aromatic N) is 3. The fourth-order valence-electron chi connectivity index (χ4n) is 1.98. The second-order valence-electron chi connectivity index (χ2n) is 4.86. The molecule has 0 atom stereocenters. The molecule has 0 spiro atoms. The highest BCUT2D eigenvalue weighted by molar-refractivity contribution is 9.10. The van der Waals surface area contributed by atoms with Crippen LogP contribution in [-0.2, 0) is 6.54 Å². The molecule has 19 heavy (non-hydrogen) atoms. The standard InChI is InChI=1S/C13H15BrN4O/c1-7-10(8(2)19-18-7)6-15-12-5-11(14)16-13(17-12)9-3-4-9/h5,9H,3-4,6H2,1-2H3,(H,15,16,17). The molecule has 100 valence electrons. The van der Waals surface area contributed by atoms with Crippen molar-refractivity contribution < 1.29 is 4.52 Å². The number of nitrogens with one attached hydrogen (secondary N) is 1. The third kappa shape index (κ3) is 2.78. The molecule has 0 saturated heterocycles. The van der Waals surface area contributed by atoms with Crippen molar-refractivity contribution in [2.24, 2.45) is 0 Å². The van der Waals surface area contributed by atoms with Crippen LogP contribution >= 0.6 is 15.9 Å². The molecule has 1 aliphatic carbocycles. The van der Waals surface area contributed by atoms with Crippen LogP contribution < -0.4 is 5.32 Å². The van der Waals surface area contributed by atoms with Crippen molar-refractivity contribution in [3.05, 3.63) is 33.5 Å². The first-order valence-electron chi connectivity index (χ1n) is 6.33. The van der Waals surface area contributed by atoms with Crippen LogP contribution in [0.4, 0.5) is 5.82 Å². The first-order valence-corrected chi connectivity index (χ1v) is 7.13. The Bertz CT molecular complexity index is 587. The summed E-state index contributed by atoms with van der Waals surface area (Å²) < 4.78 is 5.97. The highest BCUT2D eigenvalue weighted by Crippen LogP contribution is 2.38. The predicted molar refractivity (Wildman–Crippen MR) is 75.0 cm³/mol. The van der Waals surface area contributed by atoms with Gasteiger partial charge in [-0.05, 0) is 42.6 Å². The van der Waals surface area contributed by atoms with E-state index >= 15 is 0 Å². The van der Waals surface area contributed by atoms with E-state index in [4.69, 9.17) is 4.52 Å². The molecule has 0 radical (unpaired) electrons. The average molecular weight is 323 g/mol. The van der Waals surface area contributed by atoms with E-state index in [1.165, 1.54) is 12.8 Å². The van der Waals surface area contributed by atoms with Crippen molar-refractivity contribution >= 4 is 21.7 Å². The van der Waals surface area contributed by atoms with Gasteiger partial charge in [0.2, 0.25) is 0 Å². The molecule has 2 aromatic heterocycles. The summed E-state index contributed by atoms with van der Waals surface area (Å²) >= 11 is 3.43. The molecule has 0 aromatic carbocycles. The van der Waals surface area contributed by atoms with E-state index in [1.807, 2.05) is 19.9 Å². The van der Waals surface area contributed by atoms with Gasteiger partial charge >= 0.3 is 0 Å². The van der Waals surface area contributed by atoms with Gasteiger partial charge in [-0.15, -0.1) is 0 Å². The van der Waals surface area contributed by atoms with Gasteiger partial charge in [-0.25, -0.2) is 9.97 Å². The summed E-state index contributed by atoms with van der Waals surface area (Å²) in [5.41, 5.74) is 2.00. The molecular formula is C13H15BrN4O. The summed E-state index contributed by atoms with van der Waals surface area (Å²) in [5, 5.41) is 7.26. The molecule has 0 aliphatic heterocycles. The zero-order valence-electron chi connectivity index (χ0n) is 10.9. The maximum absolute atomic E-state index is 5.15. The summed E-state index contributed by atoms with van der Waals surface area (Å²) in [5.74, 6) is 3.15. The summed E-state index contributed by atoms with van der Waals surface area (Å²) in [6.45, 7) is 4.52. The van der Waals surface area contributed by atoms with E-state index in [0.29, 0.717) is 12.5 Å². The molecule has 5 nitrogen and oxygen atoms in total. The van der Waals surface area contributed by atoms with Crippen LogP contribution in [0.15, 0.2) is 15.2 Å². The van der Waals surface area contributed by atoms with E-state index in [-0.39, 0.29) is 0 Å². The van der Waals surface area contributed by atoms with Crippen LogP contribution in [0.25, 0.3) is 0 Å². The van der Waals surface area contributed by atoms with Gasteiger partial charge in [0.25, 0.3) is 0 Å². The van der Waals surface area contributed by atoms with Crippen LogP contribution in [0.2, 0.25) is 0 Å². The van der Waals surface area contributed by atoms with Crippen molar-refractivity contribution in [1.29, 1.82) is 0 Å². The number of hydrogen-bond acceptors (Lipinski definition) is 5. The molecule has 1 N–H and O–H groups in total. The Morgan fingerprint density at radius 1 is 1.37 bits per heavy atom. The summed E-state index contributed by atoms with van der Waals surface area (Å²) in [6, 6.07) is 1.89. The highest BCUT2D eigenvalue weighted by atomic mass is 79.9. The van der Waals surface area contributed by atoms with Crippen LogP contribution in [0.5, 0.6) is 0 Å². The Labute approximate surface area is 119 Å². The van der Waals surface area contributed by atoms with E-state index in [0.717, 1.165) is 33.3 Å². The molecule has 2 heterocycles. The van der Waals surface area contributed by atoms with Crippen molar-refractivity contribution in [3.8, 4) is 0 Å². The van der Waals surface area contributed by atoms with Gasteiger partial charge in [-0.2, -0.15) is 0 Å². The monoisotopic (exact) mass is 322 g/mol. The topological polar surface area (TPSA) is 63.8 Å². The zero-order chi connectivity index (χ0) is 13.4. The first kappa shape index (κ1) is 12.6. The third-order valence-electron chi connectivity index (χ3n) is 3.28. The van der Waals surface area contributed by atoms with E-state index in [2.05, 4.69) is 36.4 Å². The smallest absolute Gasteiger partial charge is 0.138 e. The fraction of sp³-hybridized carbons (Fsp3) is 0.462. The Morgan fingerprint density at radius 3 is 2.79 bits per heavy atom. The quantitative estimate of drug-likeness (QED) is 0.875. The second-order valence-corrected chi connectivity index (χ2v) is 5.68. The number of rotatable bonds is 4. The lowest BCUT2D eigenvalue weighted by Crippen LogP contribution is -2.05. The van der Waals surface area contributed by atoms with Gasteiger partial charge in [0.1, 0.15) is 22.0 Å². The SMILES string of the molecule is Cc1noc(C)c1CNc1cc(Br)nc(C2CC2)n1. The molecule has 2 aromatic rings. The third-order valence-corrected chi connectivity index (χ3v) is 3.69. The maximum atomic E-state index is 5.15. The minimum absolute atomic E-state index is 0.539. The Morgan fingerprint density at radius 2 is 2.16 bits per heavy atom. The van der Waals surface area contributed by atoms with Gasteiger partial charge in [-0.3, -0.25) is 0 Å². The van der Waals surface area contributed by atoms with Gasteiger partial charge in [0.15, 0.2) is 0 Å². The van der Waals surface area contributed by atoms with Crippen LogP contribution in [-0.4, -0.2) is 15.1 Å². The van der Waals surface area contributed by atoms with E-state index in [1.54, 1.807) is 0 Å². The molecular weight excluding hydrogens is 308 g/mol. The Balaban J connectivity index is 1.76. The van der Waals surface area contributed by atoms with Gasteiger partial charge in [0.05, 0.1) is 5.69 Å². The minimum Gasteiger partial charge on any atom is -0.366 e. The molecule has 1 aliphatic rings. The van der Waals surface area contributed by atoms with Crippen LogP contribution in [0, 0.1) is 13.8 Å². The highest BCUT2D eigenvalue weighted by Gasteiger charge is 2.27. The Kier molecular flexibility index (Phi) is 3.26. The second kappa shape index (κ2) is 4.92. The van der Waals surface area contributed by atoms with Gasteiger partial charge in [0, 0.05) is 24.1 Å². The van der Waals surface area contributed by atoms with Crippen molar-refractivity contribution in [3.63, 3.8) is 0 Å². The predicted octanol–water partition coefficient (Wildman–Crippen LogP) is 3.33. The summed E-state index contributed by atoms with van der Waals surface area (Å²) in [4.78, 5) is 8.96. The summed E-state index contributed by atoms with van der Waals surface area (Å²) in [7, 11) is 0. The first-order chi connectivity index (χ1) is 9.13. The van der Waals surface area contributed by atoms with Crippen LogP contribution in [0.3, 0.4) is 0 Å². The molecule has 3 rings (SSSR count). The molecule has 1 saturated carbocycles. The number of hydrogen-bond donors (Lipinski definition) is 1. The average Bonchev–Trinajstić information content (AvgIpc) is 3.15. The maximum Gasteiger partial charge on any atom is 0.138 e. The van der Waals surface area contributed by atoms with Crippen molar-refractivity contribution in [1.82, 2.24) is 15.1 Å². The van der Waals surface area contributed by atoms with E-state index < -0.39 is 0 Å². The fourth-order valence-corrected chi connectivity index (χ4v) is 2.38. The van der Waals surface area contributed by atoms with Crippen LogP contribution in [0.1, 0.15) is 41.6 Å².